The predicted molar refractivity (Wildman–Crippen MR) is 75.1 cm³/mol. The van der Waals surface area contributed by atoms with E-state index in [2.05, 4.69) is 4.72 Å². The number of rotatable bonds is 4. The Morgan fingerprint density at radius 3 is 2.26 bits per heavy atom. The van der Waals surface area contributed by atoms with Crippen molar-refractivity contribution >= 4 is 33.2 Å². The van der Waals surface area contributed by atoms with Gasteiger partial charge in [0.1, 0.15) is 4.90 Å². The minimum Gasteiger partial charge on any atom is -0.389 e. The lowest BCUT2D eigenvalue weighted by Gasteiger charge is -2.22. The second kappa shape index (κ2) is 5.58. The van der Waals surface area contributed by atoms with Crippen molar-refractivity contribution in [1.29, 1.82) is 0 Å². The molecule has 2 N–H and O–H groups in total. The van der Waals surface area contributed by atoms with E-state index < -0.39 is 15.6 Å². The van der Waals surface area contributed by atoms with Crippen LogP contribution in [0.15, 0.2) is 23.1 Å². The average molecular weight is 324 g/mol. The third-order valence-electron chi connectivity index (χ3n) is 3.31. The van der Waals surface area contributed by atoms with Crippen LogP contribution in [0, 0.1) is 0 Å². The van der Waals surface area contributed by atoms with Crippen LogP contribution >= 0.6 is 23.2 Å². The molecule has 0 atom stereocenters. The number of benzene rings is 1. The molecule has 0 aliphatic heterocycles. The molecule has 0 spiro atoms. The maximum Gasteiger partial charge on any atom is 0.243 e. The first-order chi connectivity index (χ1) is 8.84. The van der Waals surface area contributed by atoms with Gasteiger partial charge < -0.3 is 5.11 Å². The van der Waals surface area contributed by atoms with Crippen LogP contribution in [0.2, 0.25) is 10.0 Å². The van der Waals surface area contributed by atoms with E-state index in [4.69, 9.17) is 23.2 Å². The van der Waals surface area contributed by atoms with Gasteiger partial charge in [0.05, 0.1) is 15.6 Å². The third-order valence-corrected chi connectivity index (χ3v) is 5.67. The summed E-state index contributed by atoms with van der Waals surface area (Å²) >= 11 is 11.8. The van der Waals surface area contributed by atoms with Gasteiger partial charge >= 0.3 is 0 Å². The monoisotopic (exact) mass is 323 g/mol. The van der Waals surface area contributed by atoms with E-state index in [0.29, 0.717) is 12.8 Å². The molecule has 1 aromatic rings. The summed E-state index contributed by atoms with van der Waals surface area (Å²) < 4.78 is 26.8. The summed E-state index contributed by atoms with van der Waals surface area (Å²) in [6.07, 6.45) is 3.02. The van der Waals surface area contributed by atoms with Crippen LogP contribution in [0.5, 0.6) is 0 Å². The number of hydrogen-bond donors (Lipinski definition) is 2. The van der Waals surface area contributed by atoms with Gasteiger partial charge in [-0.1, -0.05) is 42.1 Å². The van der Waals surface area contributed by atoms with Crippen molar-refractivity contribution in [2.75, 3.05) is 6.54 Å². The molecule has 4 nitrogen and oxygen atoms in total. The lowest BCUT2D eigenvalue weighted by atomic mass is 10.0. The van der Waals surface area contributed by atoms with Crippen LogP contribution < -0.4 is 4.72 Å². The maximum atomic E-state index is 12.2. The van der Waals surface area contributed by atoms with Gasteiger partial charge in [-0.05, 0) is 25.0 Å². The standard InChI is InChI=1S/C12H15Cl2NO3S/c13-9-4-3-5-10(14)11(9)19(17,18)15-8-12(16)6-1-2-7-12/h3-5,15-16H,1-2,6-8H2. The third kappa shape index (κ3) is 3.41. The van der Waals surface area contributed by atoms with Gasteiger partial charge in [0.2, 0.25) is 10.0 Å². The molecule has 106 valence electrons. The molecule has 1 fully saturated rings. The van der Waals surface area contributed by atoms with Gasteiger partial charge in [0, 0.05) is 6.54 Å². The first kappa shape index (κ1) is 15.1. The Hall–Kier alpha value is -0.330. The Kier molecular flexibility index (Phi) is 4.42. The summed E-state index contributed by atoms with van der Waals surface area (Å²) in [7, 11) is -3.82. The highest BCUT2D eigenvalue weighted by Crippen LogP contribution is 2.31. The van der Waals surface area contributed by atoms with Crippen LogP contribution in [0.3, 0.4) is 0 Å². The fraction of sp³-hybridized carbons (Fsp3) is 0.500. The predicted octanol–water partition coefficient (Wildman–Crippen LogP) is 2.58. The summed E-state index contributed by atoms with van der Waals surface area (Å²) in [6.45, 7) is -0.0170. The zero-order valence-electron chi connectivity index (χ0n) is 10.2. The molecule has 7 heteroatoms. The molecule has 0 unspecified atom stereocenters. The lowest BCUT2D eigenvalue weighted by molar-refractivity contribution is 0.0532. The molecular formula is C12H15Cl2NO3S. The average Bonchev–Trinajstić information content (AvgIpc) is 2.74. The number of nitrogens with one attached hydrogen (secondary N) is 1. The molecule has 0 saturated heterocycles. The molecule has 1 aromatic carbocycles. The van der Waals surface area contributed by atoms with Crippen LogP contribution in [0.4, 0.5) is 0 Å². The fourth-order valence-electron chi connectivity index (χ4n) is 2.25. The van der Waals surface area contributed by atoms with Gasteiger partial charge in [-0.2, -0.15) is 0 Å². The second-order valence-corrected chi connectivity index (χ2v) is 7.32. The molecule has 0 heterocycles. The first-order valence-electron chi connectivity index (χ1n) is 6.00. The van der Waals surface area contributed by atoms with Crippen LogP contribution in [0.1, 0.15) is 25.7 Å². The number of aliphatic hydroxyl groups is 1. The highest BCUT2D eigenvalue weighted by molar-refractivity contribution is 7.89. The van der Waals surface area contributed by atoms with Crippen molar-refractivity contribution in [1.82, 2.24) is 4.72 Å². The summed E-state index contributed by atoms with van der Waals surface area (Å²) in [5.41, 5.74) is -0.958. The van der Waals surface area contributed by atoms with E-state index in [9.17, 15) is 13.5 Å². The quantitative estimate of drug-likeness (QED) is 0.894. The lowest BCUT2D eigenvalue weighted by Crippen LogP contribution is -2.40. The molecule has 1 aliphatic carbocycles. The van der Waals surface area contributed by atoms with Gasteiger partial charge in [-0.15, -0.1) is 0 Å². The van der Waals surface area contributed by atoms with Crippen molar-refractivity contribution in [3.63, 3.8) is 0 Å². The smallest absolute Gasteiger partial charge is 0.243 e. The number of hydrogen-bond acceptors (Lipinski definition) is 3. The van der Waals surface area contributed by atoms with Gasteiger partial charge in [-0.25, -0.2) is 13.1 Å². The molecule has 19 heavy (non-hydrogen) atoms. The maximum absolute atomic E-state index is 12.2. The molecule has 0 bridgehead atoms. The molecular weight excluding hydrogens is 309 g/mol. The summed E-state index contributed by atoms with van der Waals surface area (Å²) in [5.74, 6) is 0. The van der Waals surface area contributed by atoms with Crippen molar-refractivity contribution in [2.45, 2.75) is 36.2 Å². The normalized spacial score (nSPS) is 18.7. The fourth-order valence-corrected chi connectivity index (χ4v) is 4.51. The molecule has 1 aliphatic rings. The minimum atomic E-state index is -3.82. The van der Waals surface area contributed by atoms with Crippen LogP contribution in [0.25, 0.3) is 0 Å². The van der Waals surface area contributed by atoms with E-state index >= 15 is 0 Å². The Balaban J connectivity index is 2.19. The van der Waals surface area contributed by atoms with Gasteiger partial charge in [-0.3, -0.25) is 0 Å². The van der Waals surface area contributed by atoms with Crippen LogP contribution in [-0.2, 0) is 10.0 Å². The van der Waals surface area contributed by atoms with Crippen LogP contribution in [-0.4, -0.2) is 25.7 Å². The van der Waals surface area contributed by atoms with E-state index in [1.165, 1.54) is 12.1 Å². The minimum absolute atomic E-state index is 0.0170. The van der Waals surface area contributed by atoms with Gasteiger partial charge in [0.15, 0.2) is 0 Å². The zero-order valence-corrected chi connectivity index (χ0v) is 12.5. The molecule has 0 radical (unpaired) electrons. The molecule has 1 saturated carbocycles. The van der Waals surface area contributed by atoms with E-state index in [-0.39, 0.29) is 21.5 Å². The second-order valence-electron chi connectivity index (χ2n) is 4.81. The molecule has 2 rings (SSSR count). The van der Waals surface area contributed by atoms with E-state index in [1.54, 1.807) is 6.07 Å². The van der Waals surface area contributed by atoms with E-state index in [1.807, 2.05) is 0 Å². The van der Waals surface area contributed by atoms with Gasteiger partial charge in [0.25, 0.3) is 0 Å². The topological polar surface area (TPSA) is 66.4 Å². The Morgan fingerprint density at radius 2 is 1.74 bits per heavy atom. The Morgan fingerprint density at radius 1 is 1.21 bits per heavy atom. The number of sulfonamides is 1. The molecule has 0 amide bonds. The van der Waals surface area contributed by atoms with Crippen molar-refractivity contribution in [2.24, 2.45) is 0 Å². The summed E-state index contributed by atoms with van der Waals surface area (Å²) in [6, 6.07) is 4.51. The van der Waals surface area contributed by atoms with Crippen molar-refractivity contribution in [3.8, 4) is 0 Å². The van der Waals surface area contributed by atoms with Crippen molar-refractivity contribution in [3.05, 3.63) is 28.2 Å². The Labute approximate surface area is 122 Å². The summed E-state index contributed by atoms with van der Waals surface area (Å²) in [5, 5.41) is 10.3. The highest BCUT2D eigenvalue weighted by Gasteiger charge is 2.33. The summed E-state index contributed by atoms with van der Waals surface area (Å²) in [4.78, 5) is -0.139. The highest BCUT2D eigenvalue weighted by atomic mass is 35.5. The Bertz CT molecular complexity index is 548. The number of halogens is 2. The SMILES string of the molecule is O=S(=O)(NCC1(O)CCCC1)c1c(Cl)cccc1Cl. The zero-order chi connectivity index (χ0) is 14.1. The largest absolute Gasteiger partial charge is 0.389 e. The van der Waals surface area contributed by atoms with E-state index in [0.717, 1.165) is 12.8 Å². The van der Waals surface area contributed by atoms with Crippen molar-refractivity contribution < 1.29 is 13.5 Å². The first-order valence-corrected chi connectivity index (χ1v) is 8.24. The molecule has 0 aromatic heterocycles.